The highest BCUT2D eigenvalue weighted by molar-refractivity contribution is 7.91. The van der Waals surface area contributed by atoms with Crippen LogP contribution in [0.25, 0.3) is 0 Å². The Labute approximate surface area is 155 Å². The van der Waals surface area contributed by atoms with Crippen LogP contribution >= 0.6 is 11.3 Å². The molecule has 2 aromatic rings. The van der Waals surface area contributed by atoms with Gasteiger partial charge in [-0.3, -0.25) is 9.59 Å². The summed E-state index contributed by atoms with van der Waals surface area (Å²) in [6, 6.07) is 6.27. The van der Waals surface area contributed by atoms with Crippen molar-refractivity contribution >= 4 is 33.2 Å². The van der Waals surface area contributed by atoms with E-state index in [1.807, 2.05) is 0 Å². The Bertz CT molecular complexity index is 847. The van der Waals surface area contributed by atoms with Crippen molar-refractivity contribution in [3.63, 3.8) is 0 Å². The summed E-state index contributed by atoms with van der Waals surface area (Å²) in [4.78, 5) is 23.7. The molecule has 1 aliphatic rings. The van der Waals surface area contributed by atoms with Crippen molar-refractivity contribution in [1.29, 1.82) is 0 Å². The van der Waals surface area contributed by atoms with Crippen LogP contribution < -0.4 is 10.6 Å². The van der Waals surface area contributed by atoms with Gasteiger partial charge < -0.3 is 15.1 Å². The molecule has 0 saturated carbocycles. The number of hydrogen-bond donors (Lipinski definition) is 2. The Morgan fingerprint density at radius 1 is 1.23 bits per heavy atom. The lowest BCUT2D eigenvalue weighted by molar-refractivity contribution is -0.139. The Morgan fingerprint density at radius 3 is 2.73 bits per heavy atom. The van der Waals surface area contributed by atoms with Crippen molar-refractivity contribution in [2.24, 2.45) is 0 Å². The van der Waals surface area contributed by atoms with Crippen LogP contribution in [0.15, 0.2) is 44.5 Å². The van der Waals surface area contributed by atoms with Gasteiger partial charge in [0.2, 0.25) is 0 Å². The zero-order valence-corrected chi connectivity index (χ0v) is 15.5. The Hall–Kier alpha value is -2.17. The van der Waals surface area contributed by atoms with Crippen molar-refractivity contribution in [3.05, 3.63) is 41.7 Å². The van der Waals surface area contributed by atoms with E-state index < -0.39 is 21.8 Å². The first kappa shape index (κ1) is 18.6. The van der Waals surface area contributed by atoms with Gasteiger partial charge in [-0.15, -0.1) is 11.3 Å². The van der Waals surface area contributed by atoms with E-state index in [1.165, 1.54) is 10.6 Å². The van der Waals surface area contributed by atoms with Crippen LogP contribution in [0.4, 0.5) is 0 Å². The van der Waals surface area contributed by atoms with E-state index in [4.69, 9.17) is 4.42 Å². The van der Waals surface area contributed by atoms with E-state index >= 15 is 0 Å². The molecule has 1 fully saturated rings. The molecule has 3 rings (SSSR count). The summed E-state index contributed by atoms with van der Waals surface area (Å²) in [6.45, 7) is 0.616. The number of thiophene rings is 1. The summed E-state index contributed by atoms with van der Waals surface area (Å²) < 4.78 is 32.1. The van der Waals surface area contributed by atoms with E-state index in [0.29, 0.717) is 18.7 Å². The van der Waals surface area contributed by atoms with Gasteiger partial charge in [0.15, 0.2) is 0 Å². The van der Waals surface area contributed by atoms with Crippen molar-refractivity contribution in [2.75, 3.05) is 13.1 Å². The third-order valence-electron chi connectivity index (χ3n) is 4.09. The maximum atomic E-state index is 12.7. The smallest absolute Gasteiger partial charge is 0.309 e. The molecule has 2 N–H and O–H groups in total. The maximum absolute atomic E-state index is 12.7. The minimum atomic E-state index is -3.56. The minimum Gasteiger partial charge on any atom is -0.467 e. The molecular weight excluding hydrogens is 378 g/mol. The maximum Gasteiger partial charge on any atom is 0.309 e. The average Bonchev–Trinajstić information content (AvgIpc) is 3.39. The number of carbonyl (C=O) groups is 2. The van der Waals surface area contributed by atoms with Gasteiger partial charge in [-0.1, -0.05) is 6.07 Å². The van der Waals surface area contributed by atoms with Gasteiger partial charge >= 0.3 is 11.8 Å². The third-order valence-corrected chi connectivity index (χ3v) is 7.41. The van der Waals surface area contributed by atoms with Crippen molar-refractivity contribution in [1.82, 2.24) is 14.9 Å². The molecule has 2 aromatic heterocycles. The highest BCUT2D eigenvalue weighted by Gasteiger charge is 2.36. The van der Waals surface area contributed by atoms with Gasteiger partial charge in [0.25, 0.3) is 10.0 Å². The van der Waals surface area contributed by atoms with Crippen LogP contribution in [0.3, 0.4) is 0 Å². The second kappa shape index (κ2) is 8.02. The highest BCUT2D eigenvalue weighted by Crippen LogP contribution is 2.28. The third kappa shape index (κ3) is 4.14. The molecule has 0 aliphatic carbocycles. The Morgan fingerprint density at radius 2 is 2.04 bits per heavy atom. The quantitative estimate of drug-likeness (QED) is 0.705. The van der Waals surface area contributed by atoms with Gasteiger partial charge in [-0.25, -0.2) is 8.42 Å². The number of amides is 2. The van der Waals surface area contributed by atoms with E-state index in [0.717, 1.165) is 17.8 Å². The summed E-state index contributed by atoms with van der Waals surface area (Å²) in [6.07, 6.45) is 2.83. The molecule has 0 unspecified atom stereocenters. The standard InChI is InChI=1S/C16H19N3O5S2/c20-15(16(21)18-11-13-5-2-8-24-13)17-10-12-4-1-7-19(12)26(22,23)14-6-3-9-25-14/h2-3,5-6,8-9,12H,1,4,7,10-11H2,(H,17,20)(H,18,21)/t12-/m1/s1. The predicted octanol–water partition coefficient (Wildman–Crippen LogP) is 0.927. The van der Waals surface area contributed by atoms with E-state index in [9.17, 15) is 18.0 Å². The monoisotopic (exact) mass is 397 g/mol. The average molecular weight is 397 g/mol. The summed E-state index contributed by atoms with van der Waals surface area (Å²) in [5.41, 5.74) is 0. The SMILES string of the molecule is O=C(NCc1ccco1)C(=O)NC[C@H]1CCCN1S(=O)(=O)c1cccs1. The molecule has 0 radical (unpaired) electrons. The fraction of sp³-hybridized carbons (Fsp3) is 0.375. The predicted molar refractivity (Wildman–Crippen MR) is 94.8 cm³/mol. The van der Waals surface area contributed by atoms with Crippen LogP contribution in [0.2, 0.25) is 0 Å². The molecule has 1 saturated heterocycles. The Balaban J connectivity index is 1.53. The van der Waals surface area contributed by atoms with Crippen molar-refractivity contribution in [3.8, 4) is 0 Å². The fourth-order valence-electron chi connectivity index (χ4n) is 2.81. The van der Waals surface area contributed by atoms with E-state index in [2.05, 4.69) is 10.6 Å². The number of sulfonamides is 1. The van der Waals surface area contributed by atoms with Crippen LogP contribution in [0.5, 0.6) is 0 Å². The van der Waals surface area contributed by atoms with Crippen LogP contribution in [0, 0.1) is 0 Å². The highest BCUT2D eigenvalue weighted by atomic mass is 32.2. The van der Waals surface area contributed by atoms with Gasteiger partial charge in [0, 0.05) is 19.1 Å². The van der Waals surface area contributed by atoms with Gasteiger partial charge in [0.05, 0.1) is 12.8 Å². The van der Waals surface area contributed by atoms with Gasteiger partial charge in [0.1, 0.15) is 9.97 Å². The van der Waals surface area contributed by atoms with E-state index in [-0.39, 0.29) is 23.3 Å². The summed E-state index contributed by atoms with van der Waals surface area (Å²) in [7, 11) is -3.56. The molecule has 8 nitrogen and oxygen atoms in total. The molecule has 1 atom stereocenters. The lowest BCUT2D eigenvalue weighted by Gasteiger charge is -2.23. The molecule has 2 amide bonds. The normalized spacial score (nSPS) is 17.9. The molecule has 0 aromatic carbocycles. The fourth-order valence-corrected chi connectivity index (χ4v) is 5.62. The lowest BCUT2D eigenvalue weighted by atomic mass is 10.2. The number of nitrogens with one attached hydrogen (secondary N) is 2. The molecular formula is C16H19N3O5S2. The molecule has 0 spiro atoms. The van der Waals surface area contributed by atoms with Crippen molar-refractivity contribution < 1.29 is 22.4 Å². The first-order valence-electron chi connectivity index (χ1n) is 8.12. The van der Waals surface area contributed by atoms with Gasteiger partial charge in [-0.05, 0) is 36.4 Å². The lowest BCUT2D eigenvalue weighted by Crippen LogP contribution is -2.46. The summed E-state index contributed by atoms with van der Waals surface area (Å²) >= 11 is 1.16. The molecule has 1 aliphatic heterocycles. The molecule has 0 bridgehead atoms. The molecule has 140 valence electrons. The number of rotatable bonds is 6. The van der Waals surface area contributed by atoms with Gasteiger partial charge in [-0.2, -0.15) is 4.31 Å². The molecule has 10 heteroatoms. The zero-order chi connectivity index (χ0) is 18.6. The summed E-state index contributed by atoms with van der Waals surface area (Å²) in [5, 5.41) is 6.68. The van der Waals surface area contributed by atoms with Crippen LogP contribution in [-0.2, 0) is 26.2 Å². The Kier molecular flexibility index (Phi) is 5.74. The largest absolute Gasteiger partial charge is 0.467 e. The van der Waals surface area contributed by atoms with E-state index in [1.54, 1.807) is 29.6 Å². The number of carbonyl (C=O) groups excluding carboxylic acids is 2. The number of hydrogen-bond acceptors (Lipinski definition) is 6. The minimum absolute atomic E-state index is 0.0949. The first-order valence-corrected chi connectivity index (χ1v) is 10.4. The topological polar surface area (TPSA) is 109 Å². The van der Waals surface area contributed by atoms with Crippen LogP contribution in [0.1, 0.15) is 18.6 Å². The number of furan rings is 1. The first-order chi connectivity index (χ1) is 12.5. The summed E-state index contributed by atoms with van der Waals surface area (Å²) in [5.74, 6) is -1.04. The molecule has 3 heterocycles. The van der Waals surface area contributed by atoms with Crippen molar-refractivity contribution in [2.45, 2.75) is 29.6 Å². The second-order valence-electron chi connectivity index (χ2n) is 5.82. The second-order valence-corrected chi connectivity index (χ2v) is 8.88. The zero-order valence-electron chi connectivity index (χ0n) is 13.9. The number of nitrogens with zero attached hydrogens (tertiary/aromatic N) is 1. The molecule has 26 heavy (non-hydrogen) atoms. The van der Waals surface area contributed by atoms with Crippen LogP contribution in [-0.4, -0.2) is 43.7 Å².